The van der Waals surface area contributed by atoms with E-state index in [2.05, 4.69) is 57.5 Å². The van der Waals surface area contributed by atoms with Crippen molar-refractivity contribution in [2.75, 3.05) is 5.32 Å². The summed E-state index contributed by atoms with van der Waals surface area (Å²) < 4.78 is 2.02. The molecule has 0 saturated carbocycles. The number of nitrogens with zero attached hydrogens (tertiary/aromatic N) is 2. The largest absolute Gasteiger partial charge is 0.379 e. The van der Waals surface area contributed by atoms with Crippen molar-refractivity contribution in [3.8, 4) is 0 Å². The number of aromatic nitrogens is 2. The van der Waals surface area contributed by atoms with Crippen LogP contribution in [0.3, 0.4) is 0 Å². The van der Waals surface area contributed by atoms with Crippen LogP contribution in [-0.2, 0) is 19.5 Å². The quantitative estimate of drug-likeness (QED) is 0.866. The van der Waals surface area contributed by atoms with Gasteiger partial charge in [-0.3, -0.25) is 4.79 Å². The van der Waals surface area contributed by atoms with Gasteiger partial charge in [0.1, 0.15) is 4.47 Å². The van der Waals surface area contributed by atoms with Crippen molar-refractivity contribution in [1.82, 2.24) is 9.78 Å². The lowest BCUT2D eigenvalue weighted by Crippen LogP contribution is -2.24. The Morgan fingerprint density at radius 1 is 1.19 bits per heavy atom. The third-order valence-electron chi connectivity index (χ3n) is 3.33. The van der Waals surface area contributed by atoms with Gasteiger partial charge in [0.2, 0.25) is 0 Å². The van der Waals surface area contributed by atoms with E-state index in [0.717, 1.165) is 18.5 Å². The predicted molar refractivity (Wildman–Crippen MR) is 89.6 cm³/mol. The summed E-state index contributed by atoms with van der Waals surface area (Å²) >= 11 is 3.36. The molecule has 0 spiro atoms. The van der Waals surface area contributed by atoms with Crippen LogP contribution >= 0.6 is 15.9 Å². The minimum Gasteiger partial charge on any atom is -0.379 e. The molecule has 4 nitrogen and oxygen atoms in total. The topological polar surface area (TPSA) is 46.9 Å². The molecule has 21 heavy (non-hydrogen) atoms. The highest BCUT2D eigenvalue weighted by Gasteiger charge is 2.08. The Bertz CT molecular complexity index is 650. The van der Waals surface area contributed by atoms with Crippen LogP contribution in [0.25, 0.3) is 0 Å². The van der Waals surface area contributed by atoms with Gasteiger partial charge in [0.25, 0.3) is 5.56 Å². The summed E-state index contributed by atoms with van der Waals surface area (Å²) in [6.07, 6.45) is 3.62. The minimum atomic E-state index is -0.0943. The number of hydrogen-bond acceptors (Lipinski definition) is 3. The standard InChI is InChI=1S/C16H20BrN3O/c1-3-9-20-16(21)15(17)14(11-19-20)18-10-13-7-5-12(4-2)6-8-13/h5-8,11,18H,3-4,9-10H2,1-2H3. The van der Waals surface area contributed by atoms with Crippen LogP contribution in [0.1, 0.15) is 31.4 Å². The Labute approximate surface area is 133 Å². The van der Waals surface area contributed by atoms with Gasteiger partial charge in [0.15, 0.2) is 0 Å². The zero-order valence-corrected chi connectivity index (χ0v) is 14.0. The fourth-order valence-electron chi connectivity index (χ4n) is 2.05. The van der Waals surface area contributed by atoms with Crippen LogP contribution in [0.2, 0.25) is 0 Å². The summed E-state index contributed by atoms with van der Waals surface area (Å²) in [6.45, 7) is 5.47. The van der Waals surface area contributed by atoms with Gasteiger partial charge in [-0.05, 0) is 39.9 Å². The SMILES string of the molecule is CCCn1ncc(NCc2ccc(CC)cc2)c(Br)c1=O. The summed E-state index contributed by atoms with van der Waals surface area (Å²) in [5, 5.41) is 7.43. The second kappa shape index (κ2) is 7.41. The number of rotatable bonds is 6. The molecule has 2 rings (SSSR count). The van der Waals surface area contributed by atoms with Crippen LogP contribution in [0.4, 0.5) is 5.69 Å². The van der Waals surface area contributed by atoms with E-state index in [0.29, 0.717) is 17.6 Å². The van der Waals surface area contributed by atoms with Gasteiger partial charge in [-0.25, -0.2) is 4.68 Å². The molecule has 2 aromatic rings. The summed E-state index contributed by atoms with van der Waals surface area (Å²) in [4.78, 5) is 12.1. The van der Waals surface area contributed by atoms with Crippen molar-refractivity contribution >= 4 is 21.6 Å². The third kappa shape index (κ3) is 3.94. The fourth-order valence-corrected chi connectivity index (χ4v) is 2.50. The van der Waals surface area contributed by atoms with E-state index in [1.807, 2.05) is 6.92 Å². The van der Waals surface area contributed by atoms with Gasteiger partial charge in [0, 0.05) is 13.1 Å². The molecule has 0 aliphatic rings. The number of hydrogen-bond donors (Lipinski definition) is 1. The normalized spacial score (nSPS) is 10.6. The lowest BCUT2D eigenvalue weighted by atomic mass is 10.1. The van der Waals surface area contributed by atoms with Crippen LogP contribution in [0.15, 0.2) is 39.7 Å². The molecule has 1 N–H and O–H groups in total. The molecule has 5 heteroatoms. The Kier molecular flexibility index (Phi) is 5.56. The summed E-state index contributed by atoms with van der Waals surface area (Å²) in [5.74, 6) is 0. The Hall–Kier alpha value is -1.62. The average Bonchev–Trinajstić information content (AvgIpc) is 2.52. The maximum absolute atomic E-state index is 12.1. The first kappa shape index (κ1) is 15.8. The monoisotopic (exact) mass is 349 g/mol. The number of halogens is 1. The molecule has 0 fully saturated rings. The first-order valence-electron chi connectivity index (χ1n) is 7.23. The second-order valence-corrected chi connectivity index (χ2v) is 5.72. The maximum Gasteiger partial charge on any atom is 0.283 e. The first-order chi connectivity index (χ1) is 10.2. The van der Waals surface area contributed by atoms with Crippen molar-refractivity contribution in [2.45, 2.75) is 39.8 Å². The molecular formula is C16H20BrN3O. The van der Waals surface area contributed by atoms with Gasteiger partial charge >= 0.3 is 0 Å². The van der Waals surface area contributed by atoms with E-state index in [4.69, 9.17) is 0 Å². The molecule has 0 radical (unpaired) electrons. The highest BCUT2D eigenvalue weighted by molar-refractivity contribution is 9.10. The maximum atomic E-state index is 12.1. The van der Waals surface area contributed by atoms with Gasteiger partial charge in [0.05, 0.1) is 11.9 Å². The second-order valence-electron chi connectivity index (χ2n) is 4.92. The van der Waals surface area contributed by atoms with Gasteiger partial charge in [-0.15, -0.1) is 0 Å². The zero-order chi connectivity index (χ0) is 15.2. The molecule has 1 heterocycles. The van der Waals surface area contributed by atoms with E-state index < -0.39 is 0 Å². The smallest absolute Gasteiger partial charge is 0.283 e. The van der Waals surface area contributed by atoms with Crippen molar-refractivity contribution < 1.29 is 0 Å². The lowest BCUT2D eigenvalue weighted by Gasteiger charge is -2.10. The summed E-state index contributed by atoms with van der Waals surface area (Å²) in [6, 6.07) is 8.46. The van der Waals surface area contributed by atoms with Crippen molar-refractivity contribution in [2.24, 2.45) is 0 Å². The molecule has 0 unspecified atom stereocenters. The van der Waals surface area contributed by atoms with E-state index in [9.17, 15) is 4.79 Å². The predicted octanol–water partition coefficient (Wildman–Crippen LogP) is 3.59. The molecule has 0 aliphatic carbocycles. The molecule has 0 atom stereocenters. The summed E-state index contributed by atoms with van der Waals surface area (Å²) in [5.41, 5.74) is 3.13. The Morgan fingerprint density at radius 2 is 1.86 bits per heavy atom. The molecule has 0 amide bonds. The van der Waals surface area contributed by atoms with Crippen LogP contribution < -0.4 is 10.9 Å². The Balaban J connectivity index is 2.09. The number of anilines is 1. The lowest BCUT2D eigenvalue weighted by molar-refractivity contribution is 0.566. The zero-order valence-electron chi connectivity index (χ0n) is 12.4. The highest BCUT2D eigenvalue weighted by atomic mass is 79.9. The van der Waals surface area contributed by atoms with Crippen molar-refractivity contribution in [3.05, 3.63) is 56.4 Å². The van der Waals surface area contributed by atoms with Crippen LogP contribution in [0, 0.1) is 0 Å². The molecule has 0 saturated heterocycles. The molecule has 112 valence electrons. The van der Waals surface area contributed by atoms with E-state index in [-0.39, 0.29) is 5.56 Å². The number of nitrogens with one attached hydrogen (secondary N) is 1. The Morgan fingerprint density at radius 3 is 2.48 bits per heavy atom. The average molecular weight is 350 g/mol. The third-order valence-corrected chi connectivity index (χ3v) is 4.10. The van der Waals surface area contributed by atoms with Gasteiger partial charge in [-0.2, -0.15) is 5.10 Å². The van der Waals surface area contributed by atoms with Crippen molar-refractivity contribution in [3.63, 3.8) is 0 Å². The van der Waals surface area contributed by atoms with E-state index in [1.165, 1.54) is 15.8 Å². The van der Waals surface area contributed by atoms with Gasteiger partial charge in [-0.1, -0.05) is 38.1 Å². The molecule has 1 aromatic carbocycles. The van der Waals surface area contributed by atoms with Crippen LogP contribution in [-0.4, -0.2) is 9.78 Å². The highest BCUT2D eigenvalue weighted by Crippen LogP contribution is 2.17. The van der Waals surface area contributed by atoms with Crippen molar-refractivity contribution in [1.29, 1.82) is 0 Å². The van der Waals surface area contributed by atoms with Crippen LogP contribution in [0.5, 0.6) is 0 Å². The van der Waals surface area contributed by atoms with Gasteiger partial charge < -0.3 is 5.32 Å². The minimum absolute atomic E-state index is 0.0943. The molecule has 0 aliphatic heterocycles. The number of aryl methyl sites for hydroxylation is 2. The van der Waals surface area contributed by atoms with E-state index >= 15 is 0 Å². The molecule has 1 aromatic heterocycles. The fraction of sp³-hybridized carbons (Fsp3) is 0.375. The summed E-state index contributed by atoms with van der Waals surface area (Å²) in [7, 11) is 0. The molecule has 0 bridgehead atoms. The van der Waals surface area contributed by atoms with E-state index in [1.54, 1.807) is 6.20 Å². The molecular weight excluding hydrogens is 330 g/mol. The first-order valence-corrected chi connectivity index (χ1v) is 8.02. The number of benzene rings is 1.